The minimum atomic E-state index is -0.262. The molecule has 0 bridgehead atoms. The zero-order valence-corrected chi connectivity index (χ0v) is 27.9. The molecule has 8 heteroatoms. The minimum Gasteiger partial charge on any atom is -0.425 e. The summed E-state index contributed by atoms with van der Waals surface area (Å²) in [6.45, 7) is 26.0. The van der Waals surface area contributed by atoms with Crippen LogP contribution in [0.15, 0.2) is 36.4 Å². The van der Waals surface area contributed by atoms with Gasteiger partial charge in [0.25, 0.3) is 0 Å². The fourth-order valence-corrected chi connectivity index (χ4v) is 6.16. The van der Waals surface area contributed by atoms with Crippen molar-refractivity contribution in [1.29, 1.82) is 0 Å². The van der Waals surface area contributed by atoms with E-state index in [1.54, 1.807) is 6.08 Å². The van der Waals surface area contributed by atoms with E-state index in [0.717, 1.165) is 82.7 Å². The van der Waals surface area contributed by atoms with Crippen LogP contribution in [0.3, 0.4) is 0 Å². The maximum atomic E-state index is 13.2. The lowest BCUT2D eigenvalue weighted by Gasteiger charge is -2.36. The summed E-state index contributed by atoms with van der Waals surface area (Å²) in [4.78, 5) is 35.5. The Balaban J connectivity index is 0.00000162. The molecule has 3 aliphatic rings. The number of rotatable bonds is 9. The molecule has 2 fully saturated rings. The number of carbonyl (C=O) groups excluding carboxylic acids is 2. The number of aryl methyl sites for hydroxylation is 1. The van der Waals surface area contributed by atoms with E-state index in [1.165, 1.54) is 5.57 Å². The average Bonchev–Trinajstić information content (AvgIpc) is 2.94. The number of esters is 2. The second-order valence-corrected chi connectivity index (χ2v) is 12.9. The van der Waals surface area contributed by atoms with Crippen molar-refractivity contribution in [3.8, 4) is 11.5 Å². The maximum Gasteiger partial charge on any atom is 0.325 e. The molecular weight excluding hydrogens is 540 g/mol. The van der Waals surface area contributed by atoms with E-state index in [2.05, 4.69) is 66.9 Å². The summed E-state index contributed by atoms with van der Waals surface area (Å²) >= 11 is 0. The van der Waals surface area contributed by atoms with Gasteiger partial charge in [-0.15, -0.1) is 6.58 Å². The molecule has 0 N–H and O–H groups in total. The Morgan fingerprint density at radius 3 is 1.63 bits per heavy atom. The van der Waals surface area contributed by atoms with Gasteiger partial charge in [0.05, 0.1) is 13.1 Å². The Kier molecular flexibility index (Phi) is 13.9. The molecule has 1 aromatic carbocycles. The molecule has 4 rings (SSSR count). The Morgan fingerprint density at radius 1 is 0.837 bits per heavy atom. The van der Waals surface area contributed by atoms with Crippen LogP contribution < -0.4 is 9.47 Å². The molecule has 1 unspecified atom stereocenters. The first-order valence-electron chi connectivity index (χ1n) is 16.2. The molecule has 0 radical (unpaired) electrons. The fourth-order valence-electron chi connectivity index (χ4n) is 6.16. The number of allylic oxidation sites excluding steroid dienone is 3. The van der Waals surface area contributed by atoms with E-state index >= 15 is 0 Å². The summed E-state index contributed by atoms with van der Waals surface area (Å²) in [5.41, 5.74) is 3.04. The number of hydrogen-bond donors (Lipinski definition) is 0. The molecule has 43 heavy (non-hydrogen) atoms. The van der Waals surface area contributed by atoms with Crippen LogP contribution in [0.25, 0.3) is 0 Å². The fraction of sp³-hybridized carbons (Fsp3) is 0.657. The Bertz CT molecular complexity index is 1030. The standard InChI is InChI=1S/C32H50N4O4.C3H6/c1-23(2)35-14-10-33(11-15-35)21-30(37)39-28-19-26(6)20-29(32(28)27-9-7-8-25(5)18-27)40-31(38)22-34-12-16-36(17-13-34)24(3)4;1-3-2/h18-20,23-24,27H,7-17,21-22H2,1-6H3;3H,1H2,2H3. The predicted molar refractivity (Wildman–Crippen MR) is 175 cm³/mol. The van der Waals surface area contributed by atoms with Gasteiger partial charge in [-0.05, 0) is 85.4 Å². The first-order valence-corrected chi connectivity index (χ1v) is 16.2. The summed E-state index contributed by atoms with van der Waals surface area (Å²) in [6, 6.07) is 4.87. The van der Waals surface area contributed by atoms with Gasteiger partial charge in [-0.2, -0.15) is 0 Å². The number of nitrogens with zero attached hydrogens (tertiary/aromatic N) is 4. The number of benzene rings is 1. The molecule has 0 spiro atoms. The largest absolute Gasteiger partial charge is 0.425 e. The van der Waals surface area contributed by atoms with E-state index in [4.69, 9.17) is 9.47 Å². The van der Waals surface area contributed by atoms with Crippen LogP contribution in [0.1, 0.15) is 77.8 Å². The molecule has 1 aromatic rings. The zero-order chi connectivity index (χ0) is 31.5. The molecule has 0 aromatic heterocycles. The van der Waals surface area contributed by atoms with E-state index in [1.807, 2.05) is 26.0 Å². The molecular formula is C35H56N4O4. The monoisotopic (exact) mass is 596 g/mol. The average molecular weight is 597 g/mol. The molecule has 2 aliphatic heterocycles. The van der Waals surface area contributed by atoms with Gasteiger partial charge in [-0.3, -0.25) is 29.2 Å². The second-order valence-electron chi connectivity index (χ2n) is 12.9. The summed E-state index contributed by atoms with van der Waals surface area (Å²) < 4.78 is 12.1. The first kappa shape index (κ1) is 35.0. The van der Waals surface area contributed by atoms with Crippen molar-refractivity contribution < 1.29 is 19.1 Å². The van der Waals surface area contributed by atoms with Gasteiger partial charge in [-0.25, -0.2) is 0 Å². The van der Waals surface area contributed by atoms with Gasteiger partial charge in [-0.1, -0.05) is 17.7 Å². The molecule has 2 heterocycles. The van der Waals surface area contributed by atoms with Gasteiger partial charge in [0.1, 0.15) is 11.5 Å². The van der Waals surface area contributed by atoms with Gasteiger partial charge < -0.3 is 9.47 Å². The van der Waals surface area contributed by atoms with Crippen LogP contribution in [0, 0.1) is 6.92 Å². The summed E-state index contributed by atoms with van der Waals surface area (Å²) in [7, 11) is 0. The van der Waals surface area contributed by atoms with Crippen LogP contribution >= 0.6 is 0 Å². The highest BCUT2D eigenvalue weighted by atomic mass is 16.5. The Labute approximate surface area is 260 Å². The predicted octanol–water partition coefficient (Wildman–Crippen LogP) is 5.26. The second kappa shape index (κ2) is 17.1. The molecule has 240 valence electrons. The van der Waals surface area contributed by atoms with Gasteiger partial charge >= 0.3 is 11.9 Å². The molecule has 0 amide bonds. The van der Waals surface area contributed by atoms with Crippen molar-refractivity contribution in [2.45, 2.75) is 85.7 Å². The Hall–Kier alpha value is -2.52. The van der Waals surface area contributed by atoms with Crippen molar-refractivity contribution in [2.24, 2.45) is 0 Å². The smallest absolute Gasteiger partial charge is 0.325 e. The highest BCUT2D eigenvalue weighted by Crippen LogP contribution is 2.42. The van der Waals surface area contributed by atoms with E-state index < -0.39 is 0 Å². The minimum absolute atomic E-state index is 0.0455. The lowest BCUT2D eigenvalue weighted by Crippen LogP contribution is -2.50. The third kappa shape index (κ3) is 10.9. The summed E-state index contributed by atoms with van der Waals surface area (Å²) in [5.74, 6) is 0.567. The first-order chi connectivity index (χ1) is 20.5. The van der Waals surface area contributed by atoms with Crippen molar-refractivity contribution in [1.82, 2.24) is 19.6 Å². The number of hydrogen-bond acceptors (Lipinski definition) is 8. The topological polar surface area (TPSA) is 65.6 Å². The van der Waals surface area contributed by atoms with Crippen molar-refractivity contribution in [3.05, 3.63) is 47.6 Å². The molecule has 1 aliphatic carbocycles. The normalized spacial score (nSPS) is 20.8. The van der Waals surface area contributed by atoms with E-state index in [-0.39, 0.29) is 30.9 Å². The van der Waals surface area contributed by atoms with Crippen molar-refractivity contribution >= 4 is 11.9 Å². The third-order valence-electron chi connectivity index (χ3n) is 8.62. The quantitative estimate of drug-likeness (QED) is 0.217. The van der Waals surface area contributed by atoms with E-state index in [0.29, 0.717) is 23.6 Å². The van der Waals surface area contributed by atoms with Gasteiger partial charge in [0, 0.05) is 75.9 Å². The van der Waals surface area contributed by atoms with Crippen LogP contribution in [0.2, 0.25) is 0 Å². The number of piperazine rings is 2. The van der Waals surface area contributed by atoms with Gasteiger partial charge in [0.2, 0.25) is 0 Å². The van der Waals surface area contributed by atoms with Crippen LogP contribution in [-0.2, 0) is 9.59 Å². The van der Waals surface area contributed by atoms with Crippen molar-refractivity contribution in [2.75, 3.05) is 65.4 Å². The molecule has 0 saturated carbocycles. The lowest BCUT2D eigenvalue weighted by atomic mass is 9.84. The lowest BCUT2D eigenvalue weighted by molar-refractivity contribution is -0.136. The number of ether oxygens (including phenoxy) is 2. The molecule has 2 saturated heterocycles. The van der Waals surface area contributed by atoms with Crippen molar-refractivity contribution in [3.63, 3.8) is 0 Å². The third-order valence-corrected chi connectivity index (χ3v) is 8.62. The Morgan fingerprint density at radius 2 is 1.26 bits per heavy atom. The van der Waals surface area contributed by atoms with Crippen LogP contribution in [-0.4, -0.2) is 109 Å². The number of carbonyl (C=O) groups is 2. The van der Waals surface area contributed by atoms with Crippen LogP contribution in [0.5, 0.6) is 11.5 Å². The molecule has 8 nitrogen and oxygen atoms in total. The summed E-state index contributed by atoms with van der Waals surface area (Å²) in [5, 5.41) is 0. The van der Waals surface area contributed by atoms with Crippen LogP contribution in [0.4, 0.5) is 0 Å². The SMILES string of the molecule is C=CC.CC1=CC(c2c(OC(=O)CN3CCN(C(C)C)CC3)cc(C)cc2OC(=O)CN2CCN(C(C)C)CC2)CCC1. The van der Waals surface area contributed by atoms with Gasteiger partial charge in [0.15, 0.2) is 0 Å². The highest BCUT2D eigenvalue weighted by molar-refractivity contribution is 5.78. The zero-order valence-electron chi connectivity index (χ0n) is 27.9. The molecule has 1 atom stereocenters. The van der Waals surface area contributed by atoms with E-state index in [9.17, 15) is 9.59 Å². The maximum absolute atomic E-state index is 13.2. The highest BCUT2D eigenvalue weighted by Gasteiger charge is 2.28. The summed E-state index contributed by atoms with van der Waals surface area (Å²) in [6.07, 6.45) is 7.06.